The van der Waals surface area contributed by atoms with Gasteiger partial charge in [0.15, 0.2) is 17.3 Å². The van der Waals surface area contributed by atoms with Crippen molar-refractivity contribution in [3.05, 3.63) is 95.5 Å². The second-order valence-electron chi connectivity index (χ2n) is 8.01. The van der Waals surface area contributed by atoms with Gasteiger partial charge in [-0.05, 0) is 47.0 Å². The summed E-state index contributed by atoms with van der Waals surface area (Å²) in [5.41, 5.74) is 3.32. The van der Waals surface area contributed by atoms with Crippen LogP contribution >= 0.6 is 0 Å². The lowest BCUT2D eigenvalue weighted by Gasteiger charge is -2.29. The fraction of sp³-hybridized carbons (Fsp3) is 0.231. The maximum Gasteiger partial charge on any atom is 0.290 e. The molecule has 2 aliphatic rings. The Balaban J connectivity index is 1.35. The van der Waals surface area contributed by atoms with Crippen LogP contribution in [0.25, 0.3) is 0 Å². The minimum Gasteiger partial charge on any atom is -0.459 e. The van der Waals surface area contributed by atoms with Gasteiger partial charge in [-0.15, -0.1) is 0 Å². The van der Waals surface area contributed by atoms with Crippen molar-refractivity contribution in [3.8, 4) is 11.5 Å². The molecule has 2 N–H and O–H groups in total. The number of rotatable bonds is 7. The van der Waals surface area contributed by atoms with E-state index in [1.807, 2.05) is 42.5 Å². The van der Waals surface area contributed by atoms with E-state index < -0.39 is 6.29 Å². The first-order valence-electron chi connectivity index (χ1n) is 11.0. The average Bonchev–Trinajstić information content (AvgIpc) is 3.36. The lowest BCUT2D eigenvalue weighted by Crippen LogP contribution is -2.29. The number of aliphatic hydroxyl groups excluding tert-OH is 1. The molecule has 2 atom stereocenters. The third kappa shape index (κ3) is 5.03. The van der Waals surface area contributed by atoms with Gasteiger partial charge in [0, 0.05) is 18.5 Å². The second kappa shape index (κ2) is 9.94. The third-order valence-electron chi connectivity index (χ3n) is 5.67. The summed E-state index contributed by atoms with van der Waals surface area (Å²) in [5, 5.41) is 12.0. The first-order chi connectivity index (χ1) is 16.7. The first kappa shape index (κ1) is 21.9. The van der Waals surface area contributed by atoms with E-state index in [9.17, 15) is 9.90 Å². The van der Waals surface area contributed by atoms with Crippen molar-refractivity contribution in [2.45, 2.75) is 31.8 Å². The van der Waals surface area contributed by atoms with Crippen LogP contribution < -0.4 is 14.8 Å². The van der Waals surface area contributed by atoms with Crippen LogP contribution in [0.4, 0.5) is 5.69 Å². The molecule has 3 aromatic rings. The van der Waals surface area contributed by atoms with E-state index in [0.717, 1.165) is 16.7 Å². The number of carbonyl (C=O) groups is 1. The molecular weight excluding hydrogens is 436 g/mol. The summed E-state index contributed by atoms with van der Waals surface area (Å²) >= 11 is 0. The molecule has 0 fully saturated rings. The Morgan fingerprint density at radius 2 is 1.91 bits per heavy atom. The number of pyridine rings is 1. The zero-order valence-corrected chi connectivity index (χ0v) is 18.3. The number of fused-ring (bicyclic) bond motifs is 1. The number of aromatic nitrogens is 1. The van der Waals surface area contributed by atoms with Gasteiger partial charge in [0.2, 0.25) is 13.1 Å². The standard InChI is InChI=1S/C26H24N2O6/c29-14-17-3-5-18(6-4-17)15-31-25-12-20(19-7-8-22-23(10-19)33-16-32-22)11-24(34-25)26(30)28-21-2-1-9-27-13-21/h1-11,13,20,25,29H,12,14-16H2,(H,28,30)/t20-,25+/m1/s1. The number of aliphatic hydroxyl groups is 1. The maximum atomic E-state index is 13.0. The van der Waals surface area contributed by atoms with Gasteiger partial charge < -0.3 is 29.4 Å². The van der Waals surface area contributed by atoms with Gasteiger partial charge in [0.1, 0.15) is 0 Å². The van der Waals surface area contributed by atoms with E-state index in [4.69, 9.17) is 18.9 Å². The number of allylic oxidation sites excluding steroid dienone is 1. The molecule has 1 amide bonds. The first-order valence-corrected chi connectivity index (χ1v) is 11.0. The van der Waals surface area contributed by atoms with Crippen molar-refractivity contribution >= 4 is 11.6 Å². The van der Waals surface area contributed by atoms with Crippen LogP contribution in [0.3, 0.4) is 0 Å². The molecule has 1 aromatic heterocycles. The van der Waals surface area contributed by atoms with Gasteiger partial charge in [-0.2, -0.15) is 0 Å². The minimum absolute atomic E-state index is 0.00964. The zero-order chi connectivity index (χ0) is 23.3. The average molecular weight is 460 g/mol. The van der Waals surface area contributed by atoms with Crippen molar-refractivity contribution in [1.29, 1.82) is 0 Å². The van der Waals surface area contributed by atoms with Crippen molar-refractivity contribution in [2.75, 3.05) is 12.1 Å². The summed E-state index contributed by atoms with van der Waals surface area (Å²) in [6.45, 7) is 0.494. The number of nitrogens with zero attached hydrogens (tertiary/aromatic N) is 1. The maximum absolute atomic E-state index is 13.0. The summed E-state index contributed by atoms with van der Waals surface area (Å²) in [6.07, 6.45) is 4.91. The molecule has 3 heterocycles. The van der Waals surface area contributed by atoms with Crippen molar-refractivity contribution in [1.82, 2.24) is 4.98 Å². The van der Waals surface area contributed by atoms with Gasteiger partial charge in [0.25, 0.3) is 5.91 Å². The molecule has 8 heteroatoms. The van der Waals surface area contributed by atoms with Gasteiger partial charge >= 0.3 is 0 Å². The number of ether oxygens (including phenoxy) is 4. The predicted molar refractivity (Wildman–Crippen MR) is 123 cm³/mol. The van der Waals surface area contributed by atoms with Gasteiger partial charge in [-0.3, -0.25) is 9.78 Å². The molecule has 0 radical (unpaired) electrons. The fourth-order valence-electron chi connectivity index (χ4n) is 3.85. The Morgan fingerprint density at radius 1 is 1.09 bits per heavy atom. The summed E-state index contributed by atoms with van der Waals surface area (Å²) in [4.78, 5) is 17.0. The molecule has 0 unspecified atom stereocenters. The largest absolute Gasteiger partial charge is 0.459 e. The van der Waals surface area contributed by atoms with Gasteiger partial charge in [-0.1, -0.05) is 30.3 Å². The molecule has 2 aromatic carbocycles. The van der Waals surface area contributed by atoms with Crippen LogP contribution in [-0.2, 0) is 27.5 Å². The normalized spacial score (nSPS) is 18.7. The van der Waals surface area contributed by atoms with E-state index in [-0.39, 0.29) is 31.0 Å². The molecule has 0 bridgehead atoms. The minimum atomic E-state index is -0.632. The number of hydrogen-bond acceptors (Lipinski definition) is 7. The molecule has 5 rings (SSSR count). The Kier molecular flexibility index (Phi) is 6.42. The number of hydrogen-bond donors (Lipinski definition) is 2. The molecule has 174 valence electrons. The lowest BCUT2D eigenvalue weighted by molar-refractivity contribution is -0.147. The highest BCUT2D eigenvalue weighted by Crippen LogP contribution is 2.38. The van der Waals surface area contributed by atoms with E-state index in [1.54, 1.807) is 30.6 Å². The van der Waals surface area contributed by atoms with Gasteiger partial charge in [0.05, 0.1) is 25.1 Å². The number of amides is 1. The lowest BCUT2D eigenvalue weighted by atomic mass is 9.92. The Hall–Kier alpha value is -3.88. The highest BCUT2D eigenvalue weighted by atomic mass is 16.7. The summed E-state index contributed by atoms with van der Waals surface area (Å²) < 4.78 is 22.9. The number of nitrogens with one attached hydrogen (secondary N) is 1. The van der Waals surface area contributed by atoms with E-state index in [1.165, 1.54) is 0 Å². The van der Waals surface area contributed by atoms with E-state index in [2.05, 4.69) is 10.3 Å². The zero-order valence-electron chi connectivity index (χ0n) is 18.3. The van der Waals surface area contributed by atoms with Crippen LogP contribution in [-0.4, -0.2) is 29.1 Å². The third-order valence-corrected chi connectivity index (χ3v) is 5.67. The van der Waals surface area contributed by atoms with Crippen LogP contribution in [0.2, 0.25) is 0 Å². The topological polar surface area (TPSA) is 99.1 Å². The van der Waals surface area contributed by atoms with Crippen LogP contribution in [0, 0.1) is 0 Å². The van der Waals surface area contributed by atoms with Crippen molar-refractivity contribution in [3.63, 3.8) is 0 Å². The molecule has 2 aliphatic heterocycles. The molecule has 34 heavy (non-hydrogen) atoms. The van der Waals surface area contributed by atoms with Crippen LogP contribution in [0.15, 0.2) is 78.8 Å². The van der Waals surface area contributed by atoms with E-state index in [0.29, 0.717) is 30.2 Å². The number of carbonyl (C=O) groups excluding carboxylic acids is 1. The molecule has 0 saturated carbocycles. The van der Waals surface area contributed by atoms with Crippen molar-refractivity contribution < 1.29 is 28.8 Å². The molecule has 0 spiro atoms. The quantitative estimate of drug-likeness (QED) is 0.552. The van der Waals surface area contributed by atoms with Crippen LogP contribution in [0.5, 0.6) is 11.5 Å². The SMILES string of the molecule is O=C(Nc1cccnc1)C1=C[C@@H](c2ccc3c(c2)OCO3)C[C@@H](OCc2ccc(CO)cc2)O1. The summed E-state index contributed by atoms with van der Waals surface area (Å²) in [7, 11) is 0. The Bertz CT molecular complexity index is 1180. The Labute approximate surface area is 196 Å². The monoisotopic (exact) mass is 460 g/mol. The molecule has 0 aliphatic carbocycles. The summed E-state index contributed by atoms with van der Waals surface area (Å²) in [6, 6.07) is 16.8. The molecule has 0 saturated heterocycles. The van der Waals surface area contributed by atoms with Crippen molar-refractivity contribution in [2.24, 2.45) is 0 Å². The smallest absolute Gasteiger partial charge is 0.290 e. The van der Waals surface area contributed by atoms with Crippen LogP contribution in [0.1, 0.15) is 29.0 Å². The highest BCUT2D eigenvalue weighted by molar-refractivity contribution is 6.02. The molecule has 8 nitrogen and oxygen atoms in total. The summed E-state index contributed by atoms with van der Waals surface area (Å²) in [5.74, 6) is 1.06. The fourth-order valence-corrected chi connectivity index (χ4v) is 3.85. The Morgan fingerprint density at radius 3 is 2.71 bits per heavy atom. The number of benzene rings is 2. The second-order valence-corrected chi connectivity index (χ2v) is 8.01. The molecular formula is C26H24N2O6. The number of anilines is 1. The van der Waals surface area contributed by atoms with E-state index >= 15 is 0 Å². The predicted octanol–water partition coefficient (Wildman–Crippen LogP) is 3.87. The van der Waals surface area contributed by atoms with Gasteiger partial charge in [-0.25, -0.2) is 0 Å². The highest BCUT2D eigenvalue weighted by Gasteiger charge is 2.30.